The molecular weight excluding hydrogens is 360 g/mol. The summed E-state index contributed by atoms with van der Waals surface area (Å²) in [6.45, 7) is 0.117. The van der Waals surface area contributed by atoms with Crippen molar-refractivity contribution in [3.8, 4) is 5.75 Å². The maximum Gasteiger partial charge on any atom is 0.269 e. The van der Waals surface area contributed by atoms with Gasteiger partial charge in [0.05, 0.1) is 12.2 Å². The van der Waals surface area contributed by atoms with Crippen LogP contribution in [0.3, 0.4) is 0 Å². The monoisotopic (exact) mass is 374 g/mol. The van der Waals surface area contributed by atoms with Crippen LogP contribution in [0.5, 0.6) is 5.75 Å². The molecule has 0 spiro atoms. The number of nitrogens with one attached hydrogen (secondary N) is 1. The predicted molar refractivity (Wildman–Crippen MR) is 90.7 cm³/mol. The molecule has 23 heavy (non-hydrogen) atoms. The molecule has 1 heterocycles. The lowest BCUT2D eigenvalue weighted by atomic mass is 10.1. The number of likely N-dealkylation sites (N-methyl/N-ethyl adjacent to an activating group) is 1. The Morgan fingerprint density at radius 1 is 1.22 bits per heavy atom. The predicted octanol–water partition coefficient (Wildman–Crippen LogP) is 2.60. The third-order valence-electron chi connectivity index (χ3n) is 3.66. The van der Waals surface area contributed by atoms with Crippen LogP contribution in [0.1, 0.15) is 10.4 Å². The van der Waals surface area contributed by atoms with Crippen LogP contribution >= 0.6 is 15.9 Å². The summed E-state index contributed by atoms with van der Waals surface area (Å²) in [5, 5.41) is 2.74. The van der Waals surface area contributed by atoms with Gasteiger partial charge in [0.2, 0.25) is 0 Å². The Labute approximate surface area is 142 Å². The number of amides is 2. The molecule has 0 saturated carbocycles. The maximum absolute atomic E-state index is 12.3. The largest absolute Gasteiger partial charge is 0.477 e. The Hall–Kier alpha value is -2.34. The van der Waals surface area contributed by atoms with Gasteiger partial charge in [-0.1, -0.05) is 28.1 Å². The van der Waals surface area contributed by atoms with Crippen molar-refractivity contribution >= 4 is 33.4 Å². The topological polar surface area (TPSA) is 58.6 Å². The van der Waals surface area contributed by atoms with Crippen molar-refractivity contribution in [2.75, 3.05) is 18.5 Å². The number of para-hydroxylation sites is 2. The van der Waals surface area contributed by atoms with Gasteiger partial charge in [0.1, 0.15) is 5.75 Å². The molecule has 0 fully saturated rings. The van der Waals surface area contributed by atoms with Gasteiger partial charge in [-0.05, 0) is 36.4 Å². The van der Waals surface area contributed by atoms with E-state index in [0.717, 1.165) is 10.2 Å². The minimum Gasteiger partial charge on any atom is -0.477 e. The Kier molecular flexibility index (Phi) is 4.34. The van der Waals surface area contributed by atoms with E-state index in [4.69, 9.17) is 4.74 Å². The molecular formula is C17H15BrN2O3. The number of hydrogen-bond acceptors (Lipinski definition) is 3. The molecule has 0 aromatic heterocycles. The molecule has 118 valence electrons. The van der Waals surface area contributed by atoms with Crippen molar-refractivity contribution in [1.29, 1.82) is 0 Å². The molecule has 2 amide bonds. The van der Waals surface area contributed by atoms with E-state index >= 15 is 0 Å². The lowest BCUT2D eigenvalue weighted by Crippen LogP contribution is -2.49. The lowest BCUT2D eigenvalue weighted by Gasteiger charge is -2.31. The summed E-state index contributed by atoms with van der Waals surface area (Å²) >= 11 is 3.32. The highest BCUT2D eigenvalue weighted by molar-refractivity contribution is 9.10. The van der Waals surface area contributed by atoms with Crippen molar-refractivity contribution in [2.45, 2.75) is 6.10 Å². The normalized spacial score (nSPS) is 16.5. The van der Waals surface area contributed by atoms with E-state index in [2.05, 4.69) is 21.2 Å². The number of benzene rings is 2. The summed E-state index contributed by atoms with van der Waals surface area (Å²) in [7, 11) is 1.70. The molecule has 0 saturated heterocycles. The molecule has 2 aromatic carbocycles. The lowest BCUT2D eigenvalue weighted by molar-refractivity contribution is -0.125. The zero-order valence-corrected chi connectivity index (χ0v) is 14.0. The van der Waals surface area contributed by atoms with Gasteiger partial charge >= 0.3 is 0 Å². The second kappa shape index (κ2) is 6.42. The summed E-state index contributed by atoms with van der Waals surface area (Å²) in [4.78, 5) is 26.0. The number of ether oxygens (including phenoxy) is 1. The first-order valence-electron chi connectivity index (χ1n) is 7.13. The molecule has 1 aliphatic rings. The van der Waals surface area contributed by atoms with Gasteiger partial charge in [-0.25, -0.2) is 0 Å². The van der Waals surface area contributed by atoms with Crippen molar-refractivity contribution < 1.29 is 14.3 Å². The Morgan fingerprint density at radius 3 is 2.65 bits per heavy atom. The second-order valence-electron chi connectivity index (χ2n) is 5.19. The summed E-state index contributed by atoms with van der Waals surface area (Å²) < 4.78 is 6.61. The van der Waals surface area contributed by atoms with Gasteiger partial charge in [-0.3, -0.25) is 9.59 Å². The molecule has 6 heteroatoms. The Bertz CT molecular complexity index is 746. The zero-order chi connectivity index (χ0) is 16.4. The van der Waals surface area contributed by atoms with E-state index in [0.29, 0.717) is 11.3 Å². The SMILES string of the molecule is CN1C(=O)C(CNC(=O)c2ccc(Br)cc2)Oc2ccccc21. The van der Waals surface area contributed by atoms with E-state index in [9.17, 15) is 9.59 Å². The highest BCUT2D eigenvalue weighted by Gasteiger charge is 2.32. The number of anilines is 1. The smallest absolute Gasteiger partial charge is 0.269 e. The van der Waals surface area contributed by atoms with E-state index in [1.165, 1.54) is 0 Å². The number of rotatable bonds is 3. The standard InChI is InChI=1S/C17H15BrN2O3/c1-20-13-4-2-3-5-14(13)23-15(17(20)22)10-19-16(21)11-6-8-12(18)9-7-11/h2-9,15H,10H2,1H3,(H,19,21). The summed E-state index contributed by atoms with van der Waals surface area (Å²) in [5.74, 6) is 0.215. The molecule has 1 aliphatic heterocycles. The average molecular weight is 375 g/mol. The number of carbonyl (C=O) groups excluding carboxylic acids is 2. The first kappa shape index (κ1) is 15.6. The molecule has 5 nitrogen and oxygen atoms in total. The van der Waals surface area contributed by atoms with Gasteiger partial charge in [0.25, 0.3) is 11.8 Å². The quantitative estimate of drug-likeness (QED) is 0.897. The fraction of sp³-hybridized carbons (Fsp3) is 0.176. The molecule has 1 atom stereocenters. The molecule has 0 radical (unpaired) electrons. The van der Waals surface area contributed by atoms with Crippen molar-refractivity contribution in [3.05, 3.63) is 58.6 Å². The van der Waals surface area contributed by atoms with Crippen molar-refractivity contribution in [1.82, 2.24) is 5.32 Å². The highest BCUT2D eigenvalue weighted by Crippen LogP contribution is 2.32. The summed E-state index contributed by atoms with van der Waals surface area (Å²) in [5.41, 5.74) is 1.26. The van der Waals surface area contributed by atoms with Gasteiger partial charge in [0.15, 0.2) is 6.10 Å². The van der Waals surface area contributed by atoms with Crippen LogP contribution in [0, 0.1) is 0 Å². The molecule has 0 bridgehead atoms. The van der Waals surface area contributed by atoms with E-state index < -0.39 is 6.10 Å². The van der Waals surface area contributed by atoms with Crippen LogP contribution < -0.4 is 15.0 Å². The van der Waals surface area contributed by atoms with Crippen LogP contribution in [0.25, 0.3) is 0 Å². The molecule has 0 aliphatic carbocycles. The van der Waals surface area contributed by atoms with E-state index in [-0.39, 0.29) is 18.4 Å². The minimum absolute atomic E-state index is 0.117. The van der Waals surface area contributed by atoms with Crippen LogP contribution in [-0.4, -0.2) is 31.5 Å². The van der Waals surface area contributed by atoms with Crippen LogP contribution in [0.2, 0.25) is 0 Å². The zero-order valence-electron chi connectivity index (χ0n) is 12.5. The number of halogens is 1. The maximum atomic E-state index is 12.3. The number of fused-ring (bicyclic) bond motifs is 1. The fourth-order valence-corrected chi connectivity index (χ4v) is 2.65. The molecule has 2 aromatic rings. The molecule has 1 N–H and O–H groups in total. The van der Waals surface area contributed by atoms with Gasteiger partial charge in [-0.15, -0.1) is 0 Å². The van der Waals surface area contributed by atoms with Crippen molar-refractivity contribution in [3.63, 3.8) is 0 Å². The average Bonchev–Trinajstić information content (AvgIpc) is 2.57. The first-order valence-corrected chi connectivity index (χ1v) is 7.92. The number of nitrogens with zero attached hydrogens (tertiary/aromatic N) is 1. The Morgan fingerprint density at radius 2 is 1.91 bits per heavy atom. The third-order valence-corrected chi connectivity index (χ3v) is 4.18. The molecule has 1 unspecified atom stereocenters. The molecule has 3 rings (SSSR count). The fourth-order valence-electron chi connectivity index (χ4n) is 2.39. The van der Waals surface area contributed by atoms with Gasteiger partial charge in [-0.2, -0.15) is 0 Å². The second-order valence-corrected chi connectivity index (χ2v) is 6.10. The third kappa shape index (κ3) is 3.22. The van der Waals surface area contributed by atoms with Crippen LogP contribution in [0.15, 0.2) is 53.0 Å². The van der Waals surface area contributed by atoms with Crippen LogP contribution in [0.4, 0.5) is 5.69 Å². The summed E-state index contributed by atoms with van der Waals surface area (Å²) in [6.07, 6.45) is -0.728. The van der Waals surface area contributed by atoms with Gasteiger partial charge in [0, 0.05) is 17.1 Å². The highest BCUT2D eigenvalue weighted by atomic mass is 79.9. The van der Waals surface area contributed by atoms with E-state index in [1.54, 1.807) is 36.2 Å². The van der Waals surface area contributed by atoms with Gasteiger partial charge < -0.3 is 15.0 Å². The van der Waals surface area contributed by atoms with Crippen molar-refractivity contribution in [2.24, 2.45) is 0 Å². The van der Waals surface area contributed by atoms with Crippen LogP contribution in [-0.2, 0) is 4.79 Å². The number of hydrogen-bond donors (Lipinski definition) is 1. The number of carbonyl (C=O) groups is 2. The first-order chi connectivity index (χ1) is 11.1. The Balaban J connectivity index is 1.68. The van der Waals surface area contributed by atoms with E-state index in [1.807, 2.05) is 24.3 Å². The minimum atomic E-state index is -0.728. The summed E-state index contributed by atoms with van der Waals surface area (Å²) in [6, 6.07) is 14.3.